The Morgan fingerprint density at radius 3 is 1.00 bits per heavy atom. The second-order valence-corrected chi connectivity index (χ2v) is 0.298. The zero-order valence-corrected chi connectivity index (χ0v) is 6.34. The number of hydrogen-bond acceptors (Lipinski definition) is 5. The summed E-state index contributed by atoms with van der Waals surface area (Å²) in [6, 6.07) is 0. The van der Waals surface area contributed by atoms with Crippen molar-refractivity contribution < 1.29 is 29.7 Å². The van der Waals surface area contributed by atoms with Gasteiger partial charge in [0.25, 0.3) is 6.47 Å². The molecule has 0 unspecified atom stereocenters. The summed E-state index contributed by atoms with van der Waals surface area (Å²) in [6.07, 6.45) is 0. The summed E-state index contributed by atoms with van der Waals surface area (Å²) < 4.78 is 0. The molecular weight excluding hydrogens is 156 g/mol. The molecule has 10 heavy (non-hydrogen) atoms. The number of carboxylic acid groups (broad SMARTS) is 3. The van der Waals surface area contributed by atoms with Gasteiger partial charge < -0.3 is 24.9 Å². The second-order valence-electron chi connectivity index (χ2n) is 0.298. The summed E-state index contributed by atoms with van der Waals surface area (Å²) in [5, 5.41) is 23.4. The van der Waals surface area contributed by atoms with Gasteiger partial charge in [-0.05, 0) is 0 Å². The Morgan fingerprint density at radius 1 is 1.00 bits per heavy atom. The van der Waals surface area contributed by atoms with Crippen LogP contribution < -0.4 is 10.2 Å². The summed E-state index contributed by atoms with van der Waals surface area (Å²) in [7, 11) is 0. The standard InChI is InChI=1S/3CH2O2.Mg/c3*2-1-3;/h3*1H,(H,2,3);/q;;;+2/p-2. The average molecular weight is 160 g/mol. The normalized spacial score (nSPS) is 3.60. The monoisotopic (exact) mass is 160 g/mol. The summed E-state index contributed by atoms with van der Waals surface area (Å²) in [5.41, 5.74) is 0. The Balaban J connectivity index is -0.0000000257. The van der Waals surface area contributed by atoms with Crippen LogP contribution in [0.5, 0.6) is 0 Å². The first-order valence-corrected chi connectivity index (χ1v) is 1.44. The fraction of sp³-hybridized carbons (Fsp3) is 0. The van der Waals surface area contributed by atoms with E-state index in [1.807, 2.05) is 0 Å². The van der Waals surface area contributed by atoms with Gasteiger partial charge in [-0.1, -0.05) is 0 Å². The zero-order valence-electron chi connectivity index (χ0n) is 4.93. The molecule has 0 aliphatic heterocycles. The van der Waals surface area contributed by atoms with E-state index in [0.29, 0.717) is 0 Å². The Morgan fingerprint density at radius 2 is 1.00 bits per heavy atom. The summed E-state index contributed by atoms with van der Waals surface area (Å²) in [5.74, 6) is 0. The summed E-state index contributed by atoms with van der Waals surface area (Å²) in [4.78, 5) is 24.9. The van der Waals surface area contributed by atoms with Crippen molar-refractivity contribution in [3.05, 3.63) is 0 Å². The molecule has 54 valence electrons. The van der Waals surface area contributed by atoms with Gasteiger partial charge in [0.1, 0.15) is 0 Å². The van der Waals surface area contributed by atoms with Gasteiger partial charge in [0.05, 0.1) is 0 Å². The third-order valence-corrected chi connectivity index (χ3v) is 0. The van der Waals surface area contributed by atoms with Gasteiger partial charge in [-0.15, -0.1) is 0 Å². The molecule has 0 aromatic heterocycles. The third-order valence-electron chi connectivity index (χ3n) is 0. The fourth-order valence-corrected chi connectivity index (χ4v) is 0. The molecule has 0 saturated heterocycles. The Hall–Kier alpha value is -0.824. The van der Waals surface area contributed by atoms with Crippen molar-refractivity contribution >= 4 is 42.5 Å². The first kappa shape index (κ1) is 22.9. The van der Waals surface area contributed by atoms with Crippen molar-refractivity contribution in [1.29, 1.82) is 0 Å². The van der Waals surface area contributed by atoms with Crippen LogP contribution in [-0.2, 0) is 14.4 Å². The summed E-state index contributed by atoms with van der Waals surface area (Å²) >= 11 is 0. The van der Waals surface area contributed by atoms with Crippen LogP contribution in [0.4, 0.5) is 0 Å². The van der Waals surface area contributed by atoms with E-state index in [2.05, 4.69) is 0 Å². The van der Waals surface area contributed by atoms with E-state index in [1.54, 1.807) is 0 Å². The van der Waals surface area contributed by atoms with Gasteiger partial charge in [-0.3, -0.25) is 4.79 Å². The molecule has 0 aliphatic rings. The molecule has 7 heteroatoms. The molecule has 0 fully saturated rings. The molecule has 0 aromatic carbocycles. The Labute approximate surface area is 72.6 Å². The Bertz CT molecular complexity index is 49.7. The topological polar surface area (TPSA) is 118 Å². The van der Waals surface area contributed by atoms with Gasteiger partial charge in [0, 0.05) is 12.9 Å². The van der Waals surface area contributed by atoms with Crippen LogP contribution in [-0.4, -0.2) is 47.6 Å². The van der Waals surface area contributed by atoms with Gasteiger partial charge in [0.2, 0.25) is 0 Å². The van der Waals surface area contributed by atoms with Crippen LogP contribution >= 0.6 is 0 Å². The summed E-state index contributed by atoms with van der Waals surface area (Å²) in [6.45, 7) is -1.25. The van der Waals surface area contributed by atoms with Crippen LogP contribution in [0.3, 0.4) is 0 Å². The van der Waals surface area contributed by atoms with Gasteiger partial charge in [-0.25, -0.2) is 0 Å². The molecule has 0 spiro atoms. The molecular formula is C3H4MgO6. The molecule has 0 aliphatic carbocycles. The van der Waals surface area contributed by atoms with E-state index in [-0.39, 0.29) is 29.5 Å². The van der Waals surface area contributed by atoms with E-state index in [1.165, 1.54) is 0 Å². The maximum absolute atomic E-state index is 8.36. The fourth-order valence-electron chi connectivity index (χ4n) is 0. The SMILES string of the molecule is O=CO.O=C[O-].O=C[O-].[Mg+2]. The zero-order chi connectivity index (χ0) is 8.12. The molecule has 0 aromatic rings. The largest absolute Gasteiger partial charge is 2.00 e. The van der Waals surface area contributed by atoms with Crippen molar-refractivity contribution in [1.82, 2.24) is 0 Å². The number of carbonyl (C=O) groups excluding carboxylic acids is 2. The minimum Gasteiger partial charge on any atom is -0.554 e. The number of hydrogen-bond donors (Lipinski definition) is 1. The molecule has 0 radical (unpaired) electrons. The molecule has 0 amide bonds. The first-order valence-electron chi connectivity index (χ1n) is 1.44. The predicted octanol–water partition coefficient (Wildman–Crippen LogP) is -3.95. The molecule has 0 heterocycles. The van der Waals surface area contributed by atoms with Crippen LogP contribution in [0, 0.1) is 0 Å². The molecule has 0 atom stereocenters. The van der Waals surface area contributed by atoms with Crippen molar-refractivity contribution in [3.63, 3.8) is 0 Å². The minimum absolute atomic E-state index is 0. The van der Waals surface area contributed by atoms with Crippen molar-refractivity contribution in [2.45, 2.75) is 0 Å². The average Bonchev–Trinajstić information content (AvgIpc) is 1.70. The smallest absolute Gasteiger partial charge is 0.554 e. The van der Waals surface area contributed by atoms with Crippen LogP contribution in [0.15, 0.2) is 0 Å². The van der Waals surface area contributed by atoms with Crippen molar-refractivity contribution in [3.8, 4) is 0 Å². The van der Waals surface area contributed by atoms with E-state index in [0.717, 1.165) is 0 Å². The van der Waals surface area contributed by atoms with E-state index in [9.17, 15) is 0 Å². The maximum atomic E-state index is 8.36. The van der Waals surface area contributed by atoms with E-state index >= 15 is 0 Å². The van der Waals surface area contributed by atoms with Crippen LogP contribution in [0.2, 0.25) is 0 Å². The van der Waals surface area contributed by atoms with E-state index < -0.39 is 12.9 Å². The third kappa shape index (κ3) is 403. The van der Waals surface area contributed by atoms with Gasteiger partial charge in [0.15, 0.2) is 0 Å². The van der Waals surface area contributed by atoms with Crippen molar-refractivity contribution in [2.24, 2.45) is 0 Å². The van der Waals surface area contributed by atoms with Gasteiger partial charge >= 0.3 is 23.1 Å². The predicted molar refractivity (Wildman–Crippen MR) is 26.6 cm³/mol. The molecule has 0 bridgehead atoms. The number of rotatable bonds is 0. The molecule has 0 saturated carbocycles. The van der Waals surface area contributed by atoms with Crippen LogP contribution in [0.1, 0.15) is 0 Å². The second kappa shape index (κ2) is 88.9. The first-order chi connectivity index (χ1) is 4.24. The Kier molecular flexibility index (Phi) is 204. The number of carbonyl (C=O) groups is 3. The van der Waals surface area contributed by atoms with Gasteiger partial charge in [-0.2, -0.15) is 0 Å². The molecule has 0 rings (SSSR count). The van der Waals surface area contributed by atoms with Crippen LogP contribution in [0.25, 0.3) is 0 Å². The molecule has 6 nitrogen and oxygen atoms in total. The molecule has 1 N–H and O–H groups in total. The van der Waals surface area contributed by atoms with E-state index in [4.69, 9.17) is 29.7 Å². The minimum atomic E-state index is -0.500. The quantitative estimate of drug-likeness (QED) is 0.285. The van der Waals surface area contributed by atoms with Crippen molar-refractivity contribution in [2.75, 3.05) is 0 Å². The maximum Gasteiger partial charge on any atom is 2.00 e.